The van der Waals surface area contributed by atoms with Gasteiger partial charge in [-0.25, -0.2) is 0 Å². The molecule has 4 saturated carbocycles. The summed E-state index contributed by atoms with van der Waals surface area (Å²) in [7, 11) is 0. The molecule has 12 heavy (non-hydrogen) atoms. The van der Waals surface area contributed by atoms with Gasteiger partial charge in [-0.15, -0.1) is 0 Å². The molecule has 0 spiro atoms. The van der Waals surface area contributed by atoms with E-state index in [4.69, 9.17) is 0 Å². The van der Waals surface area contributed by atoms with E-state index >= 15 is 0 Å². The van der Waals surface area contributed by atoms with Gasteiger partial charge in [-0.05, 0) is 55.3 Å². The first-order valence-electron chi connectivity index (χ1n) is 4.99. The van der Waals surface area contributed by atoms with Crippen LogP contribution in [0.1, 0.15) is 32.1 Å². The molecule has 4 aliphatic carbocycles. The average Bonchev–Trinajstić information content (AvgIpc) is 2.37. The van der Waals surface area contributed by atoms with Gasteiger partial charge in [-0.2, -0.15) is 0 Å². The van der Waals surface area contributed by atoms with Crippen LogP contribution in [0.4, 0.5) is 0 Å². The number of halogens is 2. The lowest BCUT2D eigenvalue weighted by Crippen LogP contribution is -2.28. The quantitative estimate of drug-likeness (QED) is 0.471. The van der Waals surface area contributed by atoms with Gasteiger partial charge >= 0.3 is 0 Å². The predicted molar refractivity (Wildman–Crippen MR) is 67.8 cm³/mol. The maximum atomic E-state index is 2.67. The van der Waals surface area contributed by atoms with Crippen molar-refractivity contribution in [2.75, 3.05) is 0 Å². The van der Waals surface area contributed by atoms with E-state index in [1.165, 1.54) is 0 Å². The SMILES string of the molecule is IC(I)C12C[C@@H]3CC1C[C@@H](C3)C2. The highest BCUT2D eigenvalue weighted by Gasteiger charge is 2.59. The van der Waals surface area contributed by atoms with Crippen molar-refractivity contribution in [2.45, 2.75) is 34.0 Å². The summed E-state index contributed by atoms with van der Waals surface area (Å²) in [5.74, 6) is 3.39. The highest BCUT2D eigenvalue weighted by molar-refractivity contribution is 14.2. The average molecular weight is 388 g/mol. The fourth-order valence-electron chi connectivity index (χ4n) is 4.22. The van der Waals surface area contributed by atoms with Gasteiger partial charge in [0.1, 0.15) is 0 Å². The molecular weight excluding hydrogens is 374 g/mol. The van der Waals surface area contributed by atoms with Crippen LogP contribution in [0.2, 0.25) is 0 Å². The Morgan fingerprint density at radius 2 is 1.58 bits per heavy atom. The Hall–Kier alpha value is 1.46. The minimum Gasteiger partial charge on any atom is -0.0704 e. The van der Waals surface area contributed by atoms with Crippen LogP contribution in [0.15, 0.2) is 0 Å². The number of hydrogen-bond acceptors (Lipinski definition) is 0. The number of rotatable bonds is 1. The lowest BCUT2D eigenvalue weighted by Gasteiger charge is -2.34. The fourth-order valence-corrected chi connectivity index (χ4v) is 6.25. The summed E-state index contributed by atoms with van der Waals surface area (Å²) in [5.41, 5.74) is 0.800. The Balaban J connectivity index is 1.98. The zero-order valence-electron chi connectivity index (χ0n) is 7.10. The first-order chi connectivity index (χ1) is 5.71. The van der Waals surface area contributed by atoms with Crippen LogP contribution in [0.5, 0.6) is 0 Å². The molecule has 0 aromatic rings. The van der Waals surface area contributed by atoms with Crippen LogP contribution >= 0.6 is 45.2 Å². The molecule has 0 aliphatic heterocycles. The van der Waals surface area contributed by atoms with Crippen LogP contribution in [0.3, 0.4) is 0 Å². The predicted octanol–water partition coefficient (Wildman–Crippen LogP) is 4.01. The van der Waals surface area contributed by atoms with Crippen molar-refractivity contribution in [3.05, 3.63) is 0 Å². The van der Waals surface area contributed by atoms with Gasteiger partial charge in [0.25, 0.3) is 0 Å². The fraction of sp³-hybridized carbons (Fsp3) is 1.00. The topological polar surface area (TPSA) is 0 Å². The Morgan fingerprint density at radius 1 is 1.00 bits per heavy atom. The molecule has 0 nitrogen and oxygen atoms in total. The van der Waals surface area contributed by atoms with Crippen molar-refractivity contribution < 1.29 is 0 Å². The van der Waals surface area contributed by atoms with Gasteiger partial charge in [-0.3, -0.25) is 0 Å². The Bertz CT molecular complexity index is 198. The molecule has 4 bridgehead atoms. The first-order valence-corrected chi connectivity index (χ1v) is 7.48. The molecule has 0 saturated heterocycles. The molecule has 2 unspecified atom stereocenters. The van der Waals surface area contributed by atoms with E-state index in [0.717, 1.165) is 25.1 Å². The molecule has 0 N–H and O–H groups in total. The van der Waals surface area contributed by atoms with Crippen molar-refractivity contribution >= 4 is 45.2 Å². The lowest BCUT2D eigenvalue weighted by atomic mass is 9.77. The summed E-state index contributed by atoms with van der Waals surface area (Å²) in [6, 6.07) is 0. The van der Waals surface area contributed by atoms with E-state index < -0.39 is 0 Å². The van der Waals surface area contributed by atoms with Gasteiger partial charge in [-0.1, -0.05) is 45.2 Å². The largest absolute Gasteiger partial charge is 0.0704 e. The van der Waals surface area contributed by atoms with Gasteiger partial charge in [0, 0.05) is 0 Å². The van der Waals surface area contributed by atoms with Crippen LogP contribution < -0.4 is 0 Å². The van der Waals surface area contributed by atoms with Crippen molar-refractivity contribution in [3.8, 4) is 0 Å². The van der Waals surface area contributed by atoms with Crippen LogP contribution in [-0.2, 0) is 0 Å². The second-order valence-electron chi connectivity index (χ2n) is 5.08. The minimum atomic E-state index is 0.800. The number of alkyl halides is 2. The van der Waals surface area contributed by atoms with Gasteiger partial charge in [0.2, 0.25) is 0 Å². The highest BCUT2D eigenvalue weighted by atomic mass is 127. The molecular formula is C10H14I2. The summed E-state index contributed by atoms with van der Waals surface area (Å²) in [6.45, 7) is 0. The van der Waals surface area contributed by atoms with Crippen LogP contribution in [0.25, 0.3) is 0 Å². The van der Waals surface area contributed by atoms with Crippen molar-refractivity contribution in [1.29, 1.82) is 0 Å². The summed E-state index contributed by atoms with van der Waals surface area (Å²) in [4.78, 5) is 0. The molecule has 0 aromatic heterocycles. The molecule has 0 aromatic carbocycles. The lowest BCUT2D eigenvalue weighted by molar-refractivity contribution is 0.229. The summed E-state index contributed by atoms with van der Waals surface area (Å²) in [6.07, 6.45) is 7.89. The third-order valence-electron chi connectivity index (χ3n) is 4.49. The third-order valence-corrected chi connectivity index (χ3v) is 6.97. The van der Waals surface area contributed by atoms with E-state index in [-0.39, 0.29) is 0 Å². The number of hydrogen-bond donors (Lipinski definition) is 0. The van der Waals surface area contributed by atoms with E-state index in [2.05, 4.69) is 45.2 Å². The minimum absolute atomic E-state index is 0.800. The molecule has 68 valence electrons. The van der Waals surface area contributed by atoms with Crippen LogP contribution in [0, 0.1) is 23.2 Å². The molecule has 0 amide bonds. The third kappa shape index (κ3) is 0.997. The van der Waals surface area contributed by atoms with Crippen molar-refractivity contribution in [2.24, 2.45) is 23.2 Å². The van der Waals surface area contributed by atoms with E-state index in [9.17, 15) is 0 Å². The summed E-state index contributed by atoms with van der Waals surface area (Å²) >= 11 is 5.34. The zero-order chi connectivity index (χ0) is 8.34. The Morgan fingerprint density at radius 3 is 2.00 bits per heavy atom. The van der Waals surface area contributed by atoms with Crippen LogP contribution in [-0.4, -0.2) is 1.93 Å². The van der Waals surface area contributed by atoms with Gasteiger partial charge in [0.15, 0.2) is 0 Å². The summed E-state index contributed by atoms with van der Waals surface area (Å²) in [5, 5.41) is 0. The highest BCUT2D eigenvalue weighted by Crippen LogP contribution is 2.68. The second kappa shape index (κ2) is 2.74. The van der Waals surface area contributed by atoms with Gasteiger partial charge in [0.05, 0.1) is 1.93 Å². The maximum Gasteiger partial charge on any atom is 0.0685 e. The molecule has 0 radical (unpaired) electrons. The second-order valence-corrected chi connectivity index (χ2v) is 9.95. The first kappa shape index (κ1) is 8.74. The Labute approximate surface area is 102 Å². The molecule has 0 heterocycles. The van der Waals surface area contributed by atoms with Crippen molar-refractivity contribution in [1.82, 2.24) is 0 Å². The smallest absolute Gasteiger partial charge is 0.0685 e. The normalized spacial score (nSPS) is 55.8. The van der Waals surface area contributed by atoms with E-state index in [1.807, 2.05) is 0 Å². The molecule has 4 fully saturated rings. The zero-order valence-corrected chi connectivity index (χ0v) is 11.4. The monoisotopic (exact) mass is 388 g/mol. The molecule has 4 aliphatic rings. The molecule has 2 heteroatoms. The van der Waals surface area contributed by atoms with E-state index in [0.29, 0.717) is 0 Å². The van der Waals surface area contributed by atoms with Crippen molar-refractivity contribution in [3.63, 3.8) is 0 Å². The summed E-state index contributed by atoms with van der Waals surface area (Å²) < 4.78 is 0.896. The van der Waals surface area contributed by atoms with Gasteiger partial charge < -0.3 is 0 Å². The Kier molecular flexibility index (Phi) is 1.99. The molecule has 4 atom stereocenters. The molecule has 4 rings (SSSR count). The standard InChI is InChI=1S/C10H14I2/c11-9(12)10-4-6-1-7(5-10)3-8(10)2-6/h6-9H,1-5H2/t6-,7+,8?,10?. The maximum absolute atomic E-state index is 2.67. The van der Waals surface area contributed by atoms with E-state index in [1.54, 1.807) is 32.1 Å².